The van der Waals surface area contributed by atoms with Crippen LogP contribution in [0.1, 0.15) is 44.2 Å². The first-order valence-electron chi connectivity index (χ1n) is 6.92. The van der Waals surface area contributed by atoms with Gasteiger partial charge in [0.05, 0.1) is 6.61 Å². The minimum atomic E-state index is 0.454. The zero-order valence-corrected chi connectivity index (χ0v) is 11.8. The Kier molecular flexibility index (Phi) is 4.41. The predicted molar refractivity (Wildman–Crippen MR) is 75.4 cm³/mol. The van der Waals surface area contributed by atoms with Gasteiger partial charge in [-0.25, -0.2) is 0 Å². The van der Waals surface area contributed by atoms with Gasteiger partial charge in [0, 0.05) is 19.7 Å². The second-order valence-electron chi connectivity index (χ2n) is 6.06. The lowest BCUT2D eigenvalue weighted by atomic mass is 9.87. The average Bonchev–Trinajstić information content (AvgIpc) is 2.68. The second-order valence-corrected chi connectivity index (χ2v) is 6.06. The number of hydrogen-bond acceptors (Lipinski definition) is 2. The predicted octanol–water partition coefficient (Wildman–Crippen LogP) is 3.50. The fraction of sp³-hybridized carbons (Fsp3) is 0.625. The molecule has 0 spiro atoms. The molecule has 0 bridgehead atoms. The summed E-state index contributed by atoms with van der Waals surface area (Å²) in [5, 5.41) is 3.71. The smallest absolute Gasteiger partial charge is 0.0713 e. The van der Waals surface area contributed by atoms with E-state index in [4.69, 9.17) is 4.74 Å². The molecular weight excluding hydrogens is 222 g/mol. The summed E-state index contributed by atoms with van der Waals surface area (Å²) in [5.74, 6) is 0. The molecule has 0 radical (unpaired) electrons. The monoisotopic (exact) mass is 247 g/mol. The van der Waals surface area contributed by atoms with Crippen LogP contribution in [0.2, 0.25) is 0 Å². The molecule has 1 aromatic carbocycles. The average molecular weight is 247 g/mol. The topological polar surface area (TPSA) is 21.3 Å². The van der Waals surface area contributed by atoms with Gasteiger partial charge in [-0.3, -0.25) is 0 Å². The fourth-order valence-electron chi connectivity index (χ4n) is 2.87. The van der Waals surface area contributed by atoms with Gasteiger partial charge < -0.3 is 10.1 Å². The van der Waals surface area contributed by atoms with Crippen molar-refractivity contribution < 1.29 is 4.74 Å². The molecule has 2 heteroatoms. The first-order valence-corrected chi connectivity index (χ1v) is 6.92. The third-order valence-corrected chi connectivity index (χ3v) is 4.14. The van der Waals surface area contributed by atoms with Crippen molar-refractivity contribution in [2.24, 2.45) is 5.41 Å². The molecule has 1 unspecified atom stereocenters. The Labute approximate surface area is 111 Å². The number of benzene rings is 1. The maximum absolute atomic E-state index is 5.12. The number of methoxy groups -OCH3 is 1. The molecule has 18 heavy (non-hydrogen) atoms. The van der Waals surface area contributed by atoms with Crippen molar-refractivity contribution in [3.63, 3.8) is 0 Å². The van der Waals surface area contributed by atoms with Gasteiger partial charge in [-0.2, -0.15) is 0 Å². The van der Waals surface area contributed by atoms with Crippen molar-refractivity contribution in [3.8, 4) is 0 Å². The van der Waals surface area contributed by atoms with E-state index in [1.807, 2.05) is 0 Å². The van der Waals surface area contributed by atoms with Crippen LogP contribution in [0.15, 0.2) is 24.3 Å². The molecule has 0 amide bonds. The van der Waals surface area contributed by atoms with Gasteiger partial charge in [0.25, 0.3) is 0 Å². The summed E-state index contributed by atoms with van der Waals surface area (Å²) in [4.78, 5) is 0. The Morgan fingerprint density at radius 3 is 2.44 bits per heavy atom. The van der Waals surface area contributed by atoms with E-state index in [2.05, 4.69) is 43.4 Å². The van der Waals surface area contributed by atoms with Crippen molar-refractivity contribution >= 4 is 0 Å². The molecule has 1 aromatic rings. The minimum absolute atomic E-state index is 0.454. The van der Waals surface area contributed by atoms with Gasteiger partial charge in [0.15, 0.2) is 0 Å². The molecule has 1 N–H and O–H groups in total. The van der Waals surface area contributed by atoms with Crippen LogP contribution in [0.5, 0.6) is 0 Å². The van der Waals surface area contributed by atoms with Gasteiger partial charge in [-0.05, 0) is 29.4 Å². The lowest BCUT2D eigenvalue weighted by molar-refractivity contribution is 0.185. The van der Waals surface area contributed by atoms with E-state index in [1.54, 1.807) is 7.11 Å². The van der Waals surface area contributed by atoms with Gasteiger partial charge >= 0.3 is 0 Å². The van der Waals surface area contributed by atoms with E-state index in [1.165, 1.54) is 30.4 Å². The third kappa shape index (κ3) is 3.33. The Hall–Kier alpha value is -0.860. The van der Waals surface area contributed by atoms with Gasteiger partial charge in [-0.1, -0.05) is 44.5 Å². The minimum Gasteiger partial charge on any atom is -0.380 e. The molecule has 1 atom stereocenters. The van der Waals surface area contributed by atoms with Crippen LogP contribution in [0, 0.1) is 5.41 Å². The highest BCUT2D eigenvalue weighted by atomic mass is 16.5. The van der Waals surface area contributed by atoms with Crippen molar-refractivity contribution in [3.05, 3.63) is 35.4 Å². The lowest BCUT2D eigenvalue weighted by Crippen LogP contribution is -2.37. The molecule has 2 rings (SSSR count). The van der Waals surface area contributed by atoms with Crippen LogP contribution >= 0.6 is 0 Å². The first-order chi connectivity index (χ1) is 8.62. The number of nitrogens with one attached hydrogen (secondary N) is 1. The summed E-state index contributed by atoms with van der Waals surface area (Å²) in [7, 11) is 1.73. The van der Waals surface area contributed by atoms with Crippen molar-refractivity contribution in [2.45, 2.75) is 52.3 Å². The molecule has 0 aliphatic heterocycles. The summed E-state index contributed by atoms with van der Waals surface area (Å²) < 4.78 is 5.12. The molecular formula is C16H25NO. The fourth-order valence-corrected chi connectivity index (χ4v) is 2.87. The summed E-state index contributed by atoms with van der Waals surface area (Å²) >= 11 is 0. The maximum Gasteiger partial charge on any atom is 0.0713 e. The number of hydrogen-bond donors (Lipinski definition) is 1. The normalized spacial score (nSPS) is 22.3. The Morgan fingerprint density at radius 2 is 1.89 bits per heavy atom. The zero-order valence-electron chi connectivity index (χ0n) is 11.8. The van der Waals surface area contributed by atoms with Crippen molar-refractivity contribution in [2.75, 3.05) is 7.11 Å². The number of rotatable bonds is 5. The maximum atomic E-state index is 5.12. The molecule has 2 nitrogen and oxygen atoms in total. The summed E-state index contributed by atoms with van der Waals surface area (Å²) in [6, 6.07) is 9.36. The Morgan fingerprint density at radius 1 is 1.22 bits per heavy atom. The van der Waals surface area contributed by atoms with E-state index < -0.39 is 0 Å². The van der Waals surface area contributed by atoms with Crippen molar-refractivity contribution in [1.29, 1.82) is 0 Å². The Balaban J connectivity index is 1.86. The molecule has 0 heterocycles. The lowest BCUT2D eigenvalue weighted by Gasteiger charge is -2.28. The highest BCUT2D eigenvalue weighted by molar-refractivity contribution is 5.22. The molecule has 1 fully saturated rings. The first kappa shape index (κ1) is 13.6. The van der Waals surface area contributed by atoms with Gasteiger partial charge in [0.1, 0.15) is 0 Å². The molecule has 1 aliphatic rings. The molecule has 1 aliphatic carbocycles. The van der Waals surface area contributed by atoms with Crippen LogP contribution in [0.3, 0.4) is 0 Å². The van der Waals surface area contributed by atoms with Crippen LogP contribution in [-0.2, 0) is 17.9 Å². The van der Waals surface area contributed by atoms with Crippen LogP contribution in [0.4, 0.5) is 0 Å². The van der Waals surface area contributed by atoms with E-state index >= 15 is 0 Å². The zero-order chi connectivity index (χ0) is 13.0. The molecule has 0 aromatic heterocycles. The molecule has 100 valence electrons. The van der Waals surface area contributed by atoms with E-state index in [9.17, 15) is 0 Å². The van der Waals surface area contributed by atoms with Crippen molar-refractivity contribution in [1.82, 2.24) is 5.32 Å². The number of ether oxygens (including phenoxy) is 1. The standard InChI is InChI=1S/C16H25NO/c1-16(2)10-4-5-15(16)17-11-13-6-8-14(9-7-13)12-18-3/h6-9,15,17H,4-5,10-12H2,1-3H3. The molecule has 0 saturated heterocycles. The van der Waals surface area contributed by atoms with Crippen LogP contribution in [-0.4, -0.2) is 13.2 Å². The van der Waals surface area contributed by atoms with Crippen LogP contribution in [0.25, 0.3) is 0 Å². The van der Waals surface area contributed by atoms with E-state index in [0.29, 0.717) is 18.1 Å². The third-order valence-electron chi connectivity index (χ3n) is 4.14. The molecule has 1 saturated carbocycles. The highest BCUT2D eigenvalue weighted by Crippen LogP contribution is 2.37. The SMILES string of the molecule is COCc1ccc(CNC2CCCC2(C)C)cc1. The Bertz CT molecular complexity index is 369. The van der Waals surface area contributed by atoms with Gasteiger partial charge in [-0.15, -0.1) is 0 Å². The van der Waals surface area contributed by atoms with E-state index in [0.717, 1.165) is 6.54 Å². The summed E-state index contributed by atoms with van der Waals surface area (Å²) in [5.41, 5.74) is 3.05. The quantitative estimate of drug-likeness (QED) is 0.860. The largest absolute Gasteiger partial charge is 0.380 e. The summed E-state index contributed by atoms with van der Waals surface area (Å²) in [6.45, 7) is 6.42. The second kappa shape index (κ2) is 5.85. The van der Waals surface area contributed by atoms with Crippen LogP contribution < -0.4 is 5.32 Å². The van der Waals surface area contributed by atoms with Gasteiger partial charge in [0.2, 0.25) is 0 Å². The van der Waals surface area contributed by atoms with E-state index in [-0.39, 0.29) is 0 Å². The highest BCUT2D eigenvalue weighted by Gasteiger charge is 2.33. The summed E-state index contributed by atoms with van der Waals surface area (Å²) in [6.07, 6.45) is 4.02.